The van der Waals surface area contributed by atoms with Gasteiger partial charge in [-0.3, -0.25) is 0 Å². The topological polar surface area (TPSA) is 62.6 Å². The summed E-state index contributed by atoms with van der Waals surface area (Å²) in [6.07, 6.45) is 1.48. The summed E-state index contributed by atoms with van der Waals surface area (Å²) in [6.45, 7) is 0. The number of nitrogens with one attached hydrogen (secondary N) is 1. The molecular weight excluding hydrogens is 283 g/mol. The van der Waals surface area contributed by atoms with Gasteiger partial charge in [0.2, 0.25) is 10.0 Å². The highest BCUT2D eigenvalue weighted by atomic mass is 32.2. The van der Waals surface area contributed by atoms with E-state index in [2.05, 4.69) is 4.72 Å². The molecule has 0 bridgehead atoms. The standard InChI is InChI=1S/C13H15FN2O3S/c1-15-20(17,18)13-7-9(12-5-4-6-19-12)11(16(2)3)8-10(13)14/h4-8,15H,1-3H3. The third-order valence-corrected chi connectivity index (χ3v) is 4.31. The van der Waals surface area contributed by atoms with E-state index in [1.54, 1.807) is 31.1 Å². The van der Waals surface area contributed by atoms with Crippen LogP contribution in [0.25, 0.3) is 11.3 Å². The first kappa shape index (κ1) is 14.5. The Hall–Kier alpha value is -1.86. The molecule has 2 aromatic rings. The zero-order valence-electron chi connectivity index (χ0n) is 11.3. The molecule has 0 atom stereocenters. The van der Waals surface area contributed by atoms with E-state index in [1.807, 2.05) is 0 Å². The summed E-state index contributed by atoms with van der Waals surface area (Å²) in [4.78, 5) is 1.29. The Morgan fingerprint density at radius 3 is 2.50 bits per heavy atom. The molecular formula is C13H15FN2O3S. The Labute approximate surface area is 117 Å². The lowest BCUT2D eigenvalue weighted by Gasteiger charge is -2.18. The van der Waals surface area contributed by atoms with Crippen molar-refractivity contribution in [1.29, 1.82) is 0 Å². The van der Waals surface area contributed by atoms with E-state index in [4.69, 9.17) is 4.42 Å². The largest absolute Gasteiger partial charge is 0.464 e. The van der Waals surface area contributed by atoms with Crippen molar-refractivity contribution >= 4 is 15.7 Å². The van der Waals surface area contributed by atoms with Gasteiger partial charge in [0.05, 0.1) is 12.0 Å². The average molecular weight is 298 g/mol. The first-order chi connectivity index (χ1) is 9.36. The highest BCUT2D eigenvalue weighted by molar-refractivity contribution is 7.89. The quantitative estimate of drug-likeness (QED) is 0.938. The fourth-order valence-electron chi connectivity index (χ4n) is 1.86. The van der Waals surface area contributed by atoms with E-state index in [0.717, 1.165) is 0 Å². The highest BCUT2D eigenvalue weighted by Gasteiger charge is 2.22. The molecule has 1 aromatic carbocycles. The summed E-state index contributed by atoms with van der Waals surface area (Å²) in [6, 6.07) is 5.83. The Balaban J connectivity index is 2.74. The number of halogens is 1. The molecule has 0 spiro atoms. The van der Waals surface area contributed by atoms with Crippen LogP contribution >= 0.6 is 0 Å². The predicted octanol–water partition coefficient (Wildman–Crippen LogP) is 2.06. The second-order valence-corrected chi connectivity index (χ2v) is 6.23. The minimum Gasteiger partial charge on any atom is -0.464 e. The zero-order valence-corrected chi connectivity index (χ0v) is 12.2. The summed E-state index contributed by atoms with van der Waals surface area (Å²) in [5.41, 5.74) is 1.04. The maximum atomic E-state index is 14.0. The molecule has 0 saturated carbocycles. The summed E-state index contributed by atoms with van der Waals surface area (Å²) in [5.74, 6) is -0.334. The number of furan rings is 1. The fourth-order valence-corrected chi connectivity index (χ4v) is 2.67. The molecule has 0 fully saturated rings. The Bertz CT molecular complexity index is 709. The number of sulfonamides is 1. The van der Waals surface area contributed by atoms with Crippen LogP contribution in [-0.4, -0.2) is 29.6 Å². The van der Waals surface area contributed by atoms with E-state index < -0.39 is 20.7 Å². The number of rotatable bonds is 4. The molecule has 0 unspecified atom stereocenters. The maximum absolute atomic E-state index is 14.0. The van der Waals surface area contributed by atoms with Crippen molar-refractivity contribution in [2.24, 2.45) is 0 Å². The smallest absolute Gasteiger partial charge is 0.243 e. The van der Waals surface area contributed by atoms with Crippen molar-refractivity contribution in [3.8, 4) is 11.3 Å². The van der Waals surface area contributed by atoms with Gasteiger partial charge in [-0.1, -0.05) is 0 Å². The van der Waals surface area contributed by atoms with Gasteiger partial charge in [0.15, 0.2) is 0 Å². The highest BCUT2D eigenvalue weighted by Crippen LogP contribution is 2.34. The number of nitrogens with zero attached hydrogens (tertiary/aromatic N) is 1. The minimum absolute atomic E-state index is 0.406. The van der Waals surface area contributed by atoms with Gasteiger partial charge in [-0.25, -0.2) is 17.5 Å². The van der Waals surface area contributed by atoms with Crippen molar-refractivity contribution in [2.75, 3.05) is 26.0 Å². The lowest BCUT2D eigenvalue weighted by atomic mass is 10.1. The van der Waals surface area contributed by atoms with E-state index in [-0.39, 0.29) is 0 Å². The number of anilines is 1. The second-order valence-electron chi connectivity index (χ2n) is 4.38. The van der Waals surface area contributed by atoms with Gasteiger partial charge in [0.1, 0.15) is 16.5 Å². The number of hydrogen-bond acceptors (Lipinski definition) is 4. The molecule has 1 aromatic heterocycles. The maximum Gasteiger partial charge on any atom is 0.243 e. The van der Waals surface area contributed by atoms with E-state index in [1.165, 1.54) is 25.4 Å². The molecule has 0 amide bonds. The van der Waals surface area contributed by atoms with Crippen LogP contribution in [-0.2, 0) is 10.0 Å². The van der Waals surface area contributed by atoms with Gasteiger partial charge in [-0.15, -0.1) is 0 Å². The third-order valence-electron chi connectivity index (χ3n) is 2.88. The lowest BCUT2D eigenvalue weighted by Crippen LogP contribution is -2.20. The molecule has 0 aliphatic heterocycles. The molecule has 0 saturated heterocycles. The first-order valence-electron chi connectivity index (χ1n) is 5.85. The molecule has 7 heteroatoms. The van der Waals surface area contributed by atoms with Gasteiger partial charge in [-0.2, -0.15) is 0 Å². The monoisotopic (exact) mass is 298 g/mol. The van der Waals surface area contributed by atoms with Gasteiger partial charge in [0.25, 0.3) is 0 Å². The normalized spacial score (nSPS) is 11.6. The Morgan fingerprint density at radius 1 is 1.30 bits per heavy atom. The molecule has 108 valence electrons. The summed E-state index contributed by atoms with van der Waals surface area (Å²) in [7, 11) is 0.854. The molecule has 1 N–H and O–H groups in total. The summed E-state index contributed by atoms with van der Waals surface area (Å²) >= 11 is 0. The van der Waals surface area contributed by atoms with E-state index in [0.29, 0.717) is 17.0 Å². The van der Waals surface area contributed by atoms with Crippen LogP contribution in [0.1, 0.15) is 0 Å². The number of hydrogen-bond donors (Lipinski definition) is 1. The van der Waals surface area contributed by atoms with Crippen LogP contribution in [0.15, 0.2) is 39.8 Å². The predicted molar refractivity (Wildman–Crippen MR) is 74.7 cm³/mol. The summed E-state index contributed by atoms with van der Waals surface area (Å²) in [5, 5.41) is 0. The molecule has 0 aliphatic carbocycles. The molecule has 5 nitrogen and oxygen atoms in total. The first-order valence-corrected chi connectivity index (χ1v) is 7.33. The molecule has 1 heterocycles. The van der Waals surface area contributed by atoms with Crippen molar-refractivity contribution in [3.63, 3.8) is 0 Å². The summed E-state index contributed by atoms with van der Waals surface area (Å²) < 4.78 is 45.1. The third kappa shape index (κ3) is 2.54. The lowest BCUT2D eigenvalue weighted by molar-refractivity contribution is 0.560. The van der Waals surface area contributed by atoms with Crippen LogP contribution in [0.3, 0.4) is 0 Å². The van der Waals surface area contributed by atoms with E-state index >= 15 is 0 Å². The van der Waals surface area contributed by atoms with Crippen molar-refractivity contribution < 1.29 is 17.2 Å². The zero-order chi connectivity index (χ0) is 14.9. The van der Waals surface area contributed by atoms with Gasteiger partial charge >= 0.3 is 0 Å². The van der Waals surface area contributed by atoms with Crippen LogP contribution in [0, 0.1) is 5.82 Å². The second kappa shape index (κ2) is 5.26. The SMILES string of the molecule is CNS(=O)(=O)c1cc(-c2ccco2)c(N(C)C)cc1F. The molecule has 0 radical (unpaired) electrons. The van der Waals surface area contributed by atoms with Crippen molar-refractivity contribution in [3.05, 3.63) is 36.3 Å². The van der Waals surface area contributed by atoms with E-state index in [9.17, 15) is 12.8 Å². The van der Waals surface area contributed by atoms with Crippen LogP contribution in [0.5, 0.6) is 0 Å². The number of benzene rings is 1. The molecule has 20 heavy (non-hydrogen) atoms. The van der Waals surface area contributed by atoms with Crippen LogP contribution < -0.4 is 9.62 Å². The van der Waals surface area contributed by atoms with Crippen LogP contribution in [0.2, 0.25) is 0 Å². The van der Waals surface area contributed by atoms with Gasteiger partial charge in [0, 0.05) is 19.7 Å². The van der Waals surface area contributed by atoms with Gasteiger partial charge < -0.3 is 9.32 Å². The Morgan fingerprint density at radius 2 is 2.00 bits per heavy atom. The van der Waals surface area contributed by atoms with Crippen LogP contribution in [0.4, 0.5) is 10.1 Å². The van der Waals surface area contributed by atoms with Crippen molar-refractivity contribution in [1.82, 2.24) is 4.72 Å². The molecule has 2 rings (SSSR count). The fraction of sp³-hybridized carbons (Fsp3) is 0.231. The minimum atomic E-state index is -3.87. The average Bonchev–Trinajstić information content (AvgIpc) is 2.91. The molecule has 0 aliphatic rings. The van der Waals surface area contributed by atoms with Gasteiger partial charge in [-0.05, 0) is 31.3 Å². The van der Waals surface area contributed by atoms with Crippen molar-refractivity contribution in [2.45, 2.75) is 4.90 Å². The Kier molecular flexibility index (Phi) is 3.82.